The van der Waals surface area contributed by atoms with E-state index in [0.29, 0.717) is 131 Å². The molecule has 1 aromatic carbocycles. The largest absolute Gasteiger partial charge is 0.460 e. The van der Waals surface area contributed by atoms with E-state index in [9.17, 15) is 4.79 Å². The molecule has 0 aliphatic carbocycles. The lowest BCUT2D eigenvalue weighted by Gasteiger charge is -2.09. The lowest BCUT2D eigenvalue weighted by Crippen LogP contribution is -2.15. The quantitative estimate of drug-likeness (QED) is 0.0457. The number of halogens is 1. The maximum absolute atomic E-state index is 12.1. The second-order valence-electron chi connectivity index (χ2n) is 9.81. The fourth-order valence-electron chi connectivity index (χ4n) is 3.55. The molecule has 0 amide bonds. The second kappa shape index (κ2) is 36.1. The number of hydrogen-bond acceptors (Lipinski definition) is 13. The van der Waals surface area contributed by atoms with Crippen LogP contribution in [0.1, 0.15) is 30.1 Å². The van der Waals surface area contributed by atoms with Crippen molar-refractivity contribution in [2.45, 2.75) is 19.8 Å². The third kappa shape index (κ3) is 30.6. The van der Waals surface area contributed by atoms with Gasteiger partial charge in [-0.2, -0.15) is 0 Å². The van der Waals surface area contributed by atoms with Crippen molar-refractivity contribution in [3.8, 4) is 0 Å². The third-order valence-corrected chi connectivity index (χ3v) is 6.45. The normalized spacial score (nSPS) is 11.3. The van der Waals surface area contributed by atoms with Crippen molar-refractivity contribution >= 4 is 34.2 Å². The van der Waals surface area contributed by atoms with Gasteiger partial charge in [0.2, 0.25) is 0 Å². The van der Waals surface area contributed by atoms with Gasteiger partial charge in [-0.05, 0) is 30.7 Å². The molecule has 0 atom stereocenters. The minimum absolute atomic E-state index is 0.192. The van der Waals surface area contributed by atoms with Crippen LogP contribution in [0.2, 0.25) is 0 Å². The van der Waals surface area contributed by atoms with E-state index in [1.807, 2.05) is 12.1 Å². The van der Waals surface area contributed by atoms with Crippen LogP contribution in [0.25, 0.3) is 0 Å². The van der Waals surface area contributed by atoms with E-state index in [1.165, 1.54) is 0 Å². The highest BCUT2D eigenvalue weighted by atomic mass is 127. The molecule has 0 aliphatic heterocycles. The molecule has 0 radical (unpaired) electrons. The zero-order chi connectivity index (χ0) is 33.7. The Bertz CT molecular complexity index is 793. The summed E-state index contributed by atoms with van der Waals surface area (Å²) < 4.78 is 60.7. The van der Waals surface area contributed by atoms with Crippen LogP contribution in [0.15, 0.2) is 24.3 Å². The lowest BCUT2D eigenvalue weighted by molar-refractivity contribution is -0.0269. The van der Waals surface area contributed by atoms with Gasteiger partial charge in [0.1, 0.15) is 6.61 Å². The summed E-state index contributed by atoms with van der Waals surface area (Å²) in [5.74, 6) is -0.360. The molecule has 0 aromatic heterocycles. The summed E-state index contributed by atoms with van der Waals surface area (Å²) in [6.07, 6.45) is 2.25. The summed E-state index contributed by atoms with van der Waals surface area (Å²) in [7, 11) is 0. The van der Waals surface area contributed by atoms with E-state index in [4.69, 9.17) is 52.1 Å². The zero-order valence-corrected chi connectivity index (χ0v) is 30.4. The van der Waals surface area contributed by atoms with E-state index < -0.39 is 0 Å². The highest BCUT2D eigenvalue weighted by molar-refractivity contribution is 14.1. The molecule has 1 rings (SSSR count). The molecule has 274 valence electrons. The van der Waals surface area contributed by atoms with Crippen molar-refractivity contribution in [1.82, 2.24) is 0 Å². The van der Waals surface area contributed by atoms with Gasteiger partial charge in [-0.15, -0.1) is 0 Å². The third-order valence-electron chi connectivity index (χ3n) is 6.01. The molecule has 0 fully saturated rings. The standard InChI is InChI=1S/C33H58INO12/c1-2-3-9-35-32-6-4-31(5-7-32)33(36)47-30-29-46-28-27-45-26-25-44-24-23-43-22-21-42-20-19-41-18-17-40-16-15-39-14-13-38-12-11-37-10-8-34/h4-7,35H,2-3,8-30H2,1H3. The Labute approximate surface area is 295 Å². The second-order valence-corrected chi connectivity index (χ2v) is 10.9. The van der Waals surface area contributed by atoms with Gasteiger partial charge in [-0.1, -0.05) is 35.9 Å². The summed E-state index contributed by atoms with van der Waals surface area (Å²) in [6.45, 7) is 13.5. The molecule has 13 nitrogen and oxygen atoms in total. The first-order valence-corrected chi connectivity index (χ1v) is 18.1. The maximum Gasteiger partial charge on any atom is 0.338 e. The molecule has 0 saturated carbocycles. The van der Waals surface area contributed by atoms with Crippen LogP contribution in [0, 0.1) is 0 Å². The molecule has 1 aromatic rings. The Hall–Kier alpha value is -1.18. The first-order chi connectivity index (χ1) is 23.3. The van der Waals surface area contributed by atoms with Gasteiger partial charge in [0, 0.05) is 16.7 Å². The summed E-state index contributed by atoms with van der Waals surface area (Å²) in [5.41, 5.74) is 1.52. The van der Waals surface area contributed by atoms with E-state index in [0.717, 1.165) is 36.1 Å². The number of rotatable bonds is 37. The van der Waals surface area contributed by atoms with Crippen LogP contribution in [-0.2, 0) is 52.1 Å². The smallest absolute Gasteiger partial charge is 0.338 e. The Morgan fingerprint density at radius 3 is 1.15 bits per heavy atom. The maximum atomic E-state index is 12.1. The minimum atomic E-state index is -0.360. The zero-order valence-electron chi connectivity index (χ0n) is 28.3. The lowest BCUT2D eigenvalue weighted by atomic mass is 10.2. The monoisotopic (exact) mass is 787 g/mol. The topological polar surface area (TPSA) is 131 Å². The van der Waals surface area contributed by atoms with E-state index in [-0.39, 0.29) is 12.6 Å². The number of benzene rings is 1. The van der Waals surface area contributed by atoms with Gasteiger partial charge in [-0.3, -0.25) is 0 Å². The SMILES string of the molecule is CCCCNc1ccc(C(=O)OCCOCCOCCOCCOCCOCCOCCOCCOCCOCCOCCI)cc1. The van der Waals surface area contributed by atoms with Gasteiger partial charge in [0.15, 0.2) is 0 Å². The Kier molecular flexibility index (Phi) is 33.7. The summed E-state index contributed by atoms with van der Waals surface area (Å²) in [5, 5.41) is 3.32. The van der Waals surface area contributed by atoms with Crippen molar-refractivity contribution < 1.29 is 56.9 Å². The molecular weight excluding hydrogens is 729 g/mol. The van der Waals surface area contributed by atoms with Crippen LogP contribution in [0.5, 0.6) is 0 Å². The molecule has 0 unspecified atom stereocenters. The van der Waals surface area contributed by atoms with Crippen molar-refractivity contribution in [2.75, 3.05) is 155 Å². The molecule has 1 N–H and O–H groups in total. The number of alkyl halides is 1. The van der Waals surface area contributed by atoms with Crippen molar-refractivity contribution in [1.29, 1.82) is 0 Å². The van der Waals surface area contributed by atoms with Crippen LogP contribution in [-0.4, -0.2) is 156 Å². The van der Waals surface area contributed by atoms with E-state index in [1.54, 1.807) is 12.1 Å². The number of hydrogen-bond donors (Lipinski definition) is 1. The number of ether oxygens (including phenoxy) is 11. The molecule has 0 spiro atoms. The number of anilines is 1. The molecule has 14 heteroatoms. The number of carbonyl (C=O) groups excluding carboxylic acids is 1. The van der Waals surface area contributed by atoms with Crippen molar-refractivity contribution in [3.05, 3.63) is 29.8 Å². The van der Waals surface area contributed by atoms with Crippen LogP contribution in [0.3, 0.4) is 0 Å². The van der Waals surface area contributed by atoms with Gasteiger partial charge in [-0.25, -0.2) is 4.79 Å². The van der Waals surface area contributed by atoms with Gasteiger partial charge in [0.05, 0.1) is 138 Å². The molecule has 0 aliphatic rings. The molecule has 0 saturated heterocycles. The number of nitrogens with one attached hydrogen (secondary N) is 1. The Balaban J connectivity index is 1.70. The highest BCUT2D eigenvalue weighted by Gasteiger charge is 2.06. The summed E-state index contributed by atoms with van der Waals surface area (Å²) in [4.78, 5) is 12.1. The first kappa shape index (κ1) is 43.8. The molecular formula is C33H58INO12. The summed E-state index contributed by atoms with van der Waals surface area (Å²) >= 11 is 2.28. The van der Waals surface area contributed by atoms with E-state index >= 15 is 0 Å². The van der Waals surface area contributed by atoms with Crippen molar-refractivity contribution in [2.24, 2.45) is 0 Å². The van der Waals surface area contributed by atoms with Crippen LogP contribution < -0.4 is 5.32 Å². The average Bonchev–Trinajstić information content (AvgIpc) is 3.09. The van der Waals surface area contributed by atoms with E-state index in [2.05, 4.69) is 34.8 Å². The predicted molar refractivity (Wildman–Crippen MR) is 187 cm³/mol. The van der Waals surface area contributed by atoms with Crippen LogP contribution in [0.4, 0.5) is 5.69 Å². The Morgan fingerprint density at radius 1 is 0.511 bits per heavy atom. The van der Waals surface area contributed by atoms with Crippen LogP contribution >= 0.6 is 22.6 Å². The van der Waals surface area contributed by atoms with Crippen molar-refractivity contribution in [3.63, 3.8) is 0 Å². The summed E-state index contributed by atoms with van der Waals surface area (Å²) in [6, 6.07) is 7.29. The highest BCUT2D eigenvalue weighted by Crippen LogP contribution is 2.10. The van der Waals surface area contributed by atoms with Gasteiger partial charge in [0.25, 0.3) is 0 Å². The fraction of sp³-hybridized carbons (Fsp3) is 0.788. The molecule has 0 bridgehead atoms. The fourth-order valence-corrected chi connectivity index (χ4v) is 3.86. The number of unbranched alkanes of at least 4 members (excludes halogenated alkanes) is 1. The van der Waals surface area contributed by atoms with Gasteiger partial charge >= 0.3 is 5.97 Å². The number of carbonyl (C=O) groups is 1. The Morgan fingerprint density at radius 2 is 0.830 bits per heavy atom. The average molecular weight is 788 g/mol. The predicted octanol–water partition coefficient (Wildman–Crippen LogP) is 3.66. The number of esters is 1. The van der Waals surface area contributed by atoms with Gasteiger partial charge < -0.3 is 57.4 Å². The molecule has 0 heterocycles. The first-order valence-electron chi connectivity index (χ1n) is 16.6. The minimum Gasteiger partial charge on any atom is -0.460 e. The molecule has 47 heavy (non-hydrogen) atoms.